The van der Waals surface area contributed by atoms with E-state index in [2.05, 4.69) is 32.1 Å². The molecule has 4 heteroatoms. The highest BCUT2D eigenvalue weighted by molar-refractivity contribution is 5.90. The van der Waals surface area contributed by atoms with Gasteiger partial charge in [0.1, 0.15) is 35.2 Å². The van der Waals surface area contributed by atoms with Gasteiger partial charge in [0, 0.05) is 22.8 Å². The lowest BCUT2D eigenvalue weighted by molar-refractivity contribution is 0.158. The Hall–Kier alpha value is -2.88. The smallest absolute Gasteiger partial charge is 0.138 e. The van der Waals surface area contributed by atoms with Crippen LogP contribution < -0.4 is 14.2 Å². The fourth-order valence-corrected chi connectivity index (χ4v) is 3.58. The molecular weight excluding hydrogens is 352 g/mol. The molecule has 0 saturated heterocycles. The summed E-state index contributed by atoms with van der Waals surface area (Å²) < 4.78 is 17.8. The summed E-state index contributed by atoms with van der Waals surface area (Å²) in [6, 6.07) is 7.50. The molecule has 0 unspecified atom stereocenters. The highest BCUT2D eigenvalue weighted by atomic mass is 16.5. The van der Waals surface area contributed by atoms with E-state index >= 15 is 0 Å². The third-order valence-corrected chi connectivity index (χ3v) is 5.03. The number of phenols is 1. The van der Waals surface area contributed by atoms with Crippen LogP contribution in [0.4, 0.5) is 0 Å². The van der Waals surface area contributed by atoms with Gasteiger partial charge in [0.05, 0.1) is 12.2 Å². The third kappa shape index (κ3) is 3.35. The average molecular weight is 378 g/mol. The Labute approximate surface area is 166 Å². The summed E-state index contributed by atoms with van der Waals surface area (Å²) in [5, 5.41) is 10.5. The maximum atomic E-state index is 10.5. The van der Waals surface area contributed by atoms with Gasteiger partial charge in [0.15, 0.2) is 0 Å². The van der Waals surface area contributed by atoms with E-state index in [1.807, 2.05) is 32.1 Å². The van der Waals surface area contributed by atoms with Gasteiger partial charge >= 0.3 is 0 Å². The molecule has 0 radical (unpaired) electrons. The zero-order valence-corrected chi connectivity index (χ0v) is 16.8. The topological polar surface area (TPSA) is 47.9 Å². The van der Waals surface area contributed by atoms with Crippen LogP contribution in [0.25, 0.3) is 17.7 Å². The lowest BCUT2D eigenvalue weighted by Crippen LogP contribution is -2.28. The summed E-state index contributed by atoms with van der Waals surface area (Å²) in [6.45, 7) is 9.21. The zero-order valence-electron chi connectivity index (χ0n) is 16.8. The summed E-state index contributed by atoms with van der Waals surface area (Å²) in [7, 11) is 0. The molecule has 0 amide bonds. The predicted molar refractivity (Wildman–Crippen MR) is 112 cm³/mol. The zero-order chi connectivity index (χ0) is 19.9. The van der Waals surface area contributed by atoms with E-state index in [4.69, 9.17) is 14.2 Å². The second-order valence-electron chi connectivity index (χ2n) is 7.87. The second kappa shape index (κ2) is 6.93. The minimum absolute atomic E-state index is 0.201. The van der Waals surface area contributed by atoms with Crippen molar-refractivity contribution in [2.45, 2.75) is 39.7 Å². The maximum Gasteiger partial charge on any atom is 0.138 e. The lowest BCUT2D eigenvalue weighted by atomic mass is 9.92. The number of hydrogen-bond donors (Lipinski definition) is 1. The van der Waals surface area contributed by atoms with Crippen LogP contribution in [-0.4, -0.2) is 23.9 Å². The van der Waals surface area contributed by atoms with Crippen molar-refractivity contribution < 1.29 is 19.3 Å². The van der Waals surface area contributed by atoms with Gasteiger partial charge in [-0.25, -0.2) is 0 Å². The van der Waals surface area contributed by atoms with Crippen molar-refractivity contribution in [3.8, 4) is 23.0 Å². The molecule has 0 aromatic heterocycles. The monoisotopic (exact) mass is 378 g/mol. The number of aromatic hydroxyl groups is 1. The number of benzene rings is 2. The molecular formula is C24H26O4. The first-order valence-corrected chi connectivity index (χ1v) is 9.73. The lowest BCUT2D eigenvalue weighted by Gasteiger charge is -2.31. The van der Waals surface area contributed by atoms with Crippen LogP contribution >= 0.6 is 0 Å². The highest BCUT2D eigenvalue weighted by Gasteiger charge is 2.28. The van der Waals surface area contributed by atoms with Gasteiger partial charge < -0.3 is 19.3 Å². The fraction of sp³-hybridized carbons (Fsp3) is 0.333. The molecule has 2 aliphatic heterocycles. The molecule has 0 aliphatic carbocycles. The van der Waals surface area contributed by atoms with E-state index < -0.39 is 0 Å². The minimum Gasteiger partial charge on any atom is -0.507 e. The van der Waals surface area contributed by atoms with Gasteiger partial charge in [-0.1, -0.05) is 6.92 Å². The quantitative estimate of drug-likeness (QED) is 0.751. The second-order valence-corrected chi connectivity index (χ2v) is 7.87. The van der Waals surface area contributed by atoms with E-state index in [1.54, 1.807) is 6.07 Å². The molecule has 0 bridgehead atoms. The summed E-state index contributed by atoms with van der Waals surface area (Å²) >= 11 is 0. The Balaban J connectivity index is 1.72. The van der Waals surface area contributed by atoms with Crippen molar-refractivity contribution in [1.82, 2.24) is 0 Å². The summed E-state index contributed by atoms with van der Waals surface area (Å²) in [6.07, 6.45) is 7.16. The van der Waals surface area contributed by atoms with Crippen molar-refractivity contribution in [2.24, 2.45) is 0 Å². The Morgan fingerprint density at radius 2 is 2.00 bits per heavy atom. The minimum atomic E-state index is -0.323. The van der Waals surface area contributed by atoms with Gasteiger partial charge in [-0.2, -0.15) is 0 Å². The molecule has 0 fully saturated rings. The third-order valence-electron chi connectivity index (χ3n) is 5.03. The van der Waals surface area contributed by atoms with E-state index in [-0.39, 0.29) is 11.4 Å². The molecule has 2 aromatic carbocycles. The largest absolute Gasteiger partial charge is 0.507 e. The van der Waals surface area contributed by atoms with E-state index in [0.29, 0.717) is 19.0 Å². The van der Waals surface area contributed by atoms with Crippen LogP contribution in [0.5, 0.6) is 23.0 Å². The van der Waals surface area contributed by atoms with E-state index in [0.717, 1.165) is 45.7 Å². The van der Waals surface area contributed by atoms with Crippen molar-refractivity contribution >= 4 is 17.7 Å². The normalized spacial score (nSPS) is 16.4. The van der Waals surface area contributed by atoms with Gasteiger partial charge in [0.2, 0.25) is 0 Å². The van der Waals surface area contributed by atoms with Gasteiger partial charge in [0.25, 0.3) is 0 Å². The molecule has 0 atom stereocenters. The summed E-state index contributed by atoms with van der Waals surface area (Å²) in [4.78, 5) is 0. The number of rotatable bonds is 4. The van der Waals surface area contributed by atoms with Gasteiger partial charge in [-0.3, -0.25) is 0 Å². The summed E-state index contributed by atoms with van der Waals surface area (Å²) in [5.74, 6) is 2.57. The van der Waals surface area contributed by atoms with E-state index in [9.17, 15) is 5.11 Å². The molecule has 1 N–H and O–H groups in total. The maximum absolute atomic E-state index is 10.5. The molecule has 2 aliphatic rings. The molecule has 0 spiro atoms. The molecule has 0 saturated carbocycles. The van der Waals surface area contributed by atoms with Crippen LogP contribution in [0.3, 0.4) is 0 Å². The fourth-order valence-electron chi connectivity index (χ4n) is 3.58. The molecule has 146 valence electrons. The number of hydrogen-bond acceptors (Lipinski definition) is 4. The average Bonchev–Trinajstić information content (AvgIpc) is 2.65. The van der Waals surface area contributed by atoms with Crippen LogP contribution in [0.2, 0.25) is 0 Å². The van der Waals surface area contributed by atoms with Crippen molar-refractivity contribution in [2.75, 3.05) is 13.2 Å². The first-order chi connectivity index (χ1) is 13.4. The van der Waals surface area contributed by atoms with Crippen molar-refractivity contribution in [1.29, 1.82) is 0 Å². The Bertz CT molecular complexity index is 983. The first kappa shape index (κ1) is 18.5. The Morgan fingerprint density at radius 3 is 2.75 bits per heavy atom. The van der Waals surface area contributed by atoms with Crippen LogP contribution in [-0.2, 0) is 0 Å². The number of aryl methyl sites for hydroxylation is 1. The number of phenolic OH excluding ortho intramolecular Hbond substituents is 1. The standard InChI is InChI=1S/C24H26O4/c1-5-10-26-17-6-7-18(21(25)13-17)16-12-20-15(2)11-22-19(23(20)27-14-16)8-9-24(3,4)28-22/h6-9,11-13,25H,5,10,14H2,1-4H3. The van der Waals surface area contributed by atoms with Crippen molar-refractivity contribution in [3.05, 3.63) is 52.6 Å². The molecule has 2 aromatic rings. The van der Waals surface area contributed by atoms with Gasteiger partial charge in [-0.15, -0.1) is 0 Å². The predicted octanol–water partition coefficient (Wildman–Crippen LogP) is 5.61. The Morgan fingerprint density at radius 1 is 1.18 bits per heavy atom. The number of ether oxygens (including phenoxy) is 3. The summed E-state index contributed by atoms with van der Waals surface area (Å²) in [5.41, 5.74) is 4.47. The molecule has 4 rings (SSSR count). The van der Waals surface area contributed by atoms with Crippen LogP contribution in [0.15, 0.2) is 30.3 Å². The van der Waals surface area contributed by atoms with Crippen LogP contribution in [0.1, 0.15) is 49.4 Å². The molecule has 2 heterocycles. The molecule has 4 nitrogen and oxygen atoms in total. The van der Waals surface area contributed by atoms with Gasteiger partial charge in [-0.05, 0) is 69.2 Å². The van der Waals surface area contributed by atoms with E-state index in [1.165, 1.54) is 0 Å². The molecule has 28 heavy (non-hydrogen) atoms. The number of fused-ring (bicyclic) bond motifs is 3. The Kier molecular flexibility index (Phi) is 4.58. The first-order valence-electron chi connectivity index (χ1n) is 9.73. The van der Waals surface area contributed by atoms with Crippen molar-refractivity contribution in [3.63, 3.8) is 0 Å². The van der Waals surface area contributed by atoms with Crippen LogP contribution in [0, 0.1) is 6.92 Å². The SMILES string of the molecule is CCCOc1ccc(C2=Cc3c(C)cc4c(c3OC2)C=CC(C)(C)O4)c(O)c1. The highest BCUT2D eigenvalue weighted by Crippen LogP contribution is 2.45.